The van der Waals surface area contributed by atoms with Crippen LogP contribution in [0.1, 0.15) is 5.56 Å². The van der Waals surface area contributed by atoms with E-state index in [9.17, 15) is 13.2 Å². The lowest BCUT2D eigenvalue weighted by molar-refractivity contribution is -0.137. The van der Waals surface area contributed by atoms with Gasteiger partial charge in [-0.2, -0.15) is 13.2 Å². The molecule has 1 aromatic carbocycles. The Morgan fingerprint density at radius 2 is 1.92 bits per heavy atom. The Labute approximate surface area is 69.8 Å². The third-order valence-electron chi connectivity index (χ3n) is 1.30. The molecule has 0 heterocycles. The smallest absolute Gasteiger partial charge is 0.416 e. The fourth-order valence-corrected chi connectivity index (χ4v) is 0.892. The number of alkyl halides is 3. The molecule has 1 aromatic rings. The summed E-state index contributed by atoms with van der Waals surface area (Å²) in [5, 5.41) is 0. The van der Waals surface area contributed by atoms with E-state index in [1.807, 2.05) is 9.47 Å². The maximum atomic E-state index is 12.0. The highest BCUT2D eigenvalue weighted by molar-refractivity contribution is 7.10. The van der Waals surface area contributed by atoms with Gasteiger partial charge < -0.3 is 4.52 Å². The standard InChI is InChI=1S/C7H6F3OP/c8-7(9,10)5-2-1-3-6(4-5)11-12/h1-4H,12H2. The van der Waals surface area contributed by atoms with Crippen molar-refractivity contribution in [2.75, 3.05) is 0 Å². The zero-order chi connectivity index (χ0) is 9.19. The molecule has 0 aliphatic rings. The number of hydrogen-bond donors (Lipinski definition) is 0. The van der Waals surface area contributed by atoms with E-state index < -0.39 is 11.7 Å². The van der Waals surface area contributed by atoms with E-state index in [1.54, 1.807) is 0 Å². The predicted octanol–water partition coefficient (Wildman–Crippen LogP) is 2.87. The lowest BCUT2D eigenvalue weighted by Crippen LogP contribution is -2.04. The molecule has 1 rings (SSSR count). The lowest BCUT2D eigenvalue weighted by Gasteiger charge is -2.07. The maximum Gasteiger partial charge on any atom is 0.416 e. The van der Waals surface area contributed by atoms with Crippen LogP contribution in [0.25, 0.3) is 0 Å². The number of benzene rings is 1. The van der Waals surface area contributed by atoms with Crippen LogP contribution < -0.4 is 4.52 Å². The average molecular weight is 194 g/mol. The minimum atomic E-state index is -4.31. The molecule has 1 atom stereocenters. The van der Waals surface area contributed by atoms with Crippen molar-refractivity contribution in [1.29, 1.82) is 0 Å². The molecule has 0 fully saturated rings. The summed E-state index contributed by atoms with van der Waals surface area (Å²) in [4.78, 5) is 0. The Morgan fingerprint density at radius 1 is 1.25 bits per heavy atom. The van der Waals surface area contributed by atoms with E-state index in [1.165, 1.54) is 12.1 Å². The van der Waals surface area contributed by atoms with Crippen LogP contribution in [0.3, 0.4) is 0 Å². The first-order valence-corrected chi connectivity index (χ1v) is 3.55. The maximum absolute atomic E-state index is 12.0. The van der Waals surface area contributed by atoms with Crippen molar-refractivity contribution in [2.24, 2.45) is 0 Å². The number of rotatable bonds is 1. The molecule has 0 bridgehead atoms. The summed E-state index contributed by atoms with van der Waals surface area (Å²) >= 11 is 0. The van der Waals surface area contributed by atoms with Crippen molar-refractivity contribution in [1.82, 2.24) is 0 Å². The Kier molecular flexibility index (Phi) is 2.58. The predicted molar refractivity (Wildman–Crippen MR) is 41.8 cm³/mol. The second kappa shape index (κ2) is 3.31. The van der Waals surface area contributed by atoms with Crippen LogP contribution in [-0.4, -0.2) is 0 Å². The van der Waals surface area contributed by atoms with E-state index in [0.29, 0.717) is 0 Å². The zero-order valence-corrected chi connectivity index (χ0v) is 7.08. The molecular weight excluding hydrogens is 188 g/mol. The van der Waals surface area contributed by atoms with Crippen molar-refractivity contribution >= 4 is 9.47 Å². The molecule has 1 nitrogen and oxygen atoms in total. The van der Waals surface area contributed by atoms with Crippen LogP contribution in [0.2, 0.25) is 0 Å². The molecule has 1 unspecified atom stereocenters. The van der Waals surface area contributed by atoms with E-state index >= 15 is 0 Å². The van der Waals surface area contributed by atoms with E-state index in [0.717, 1.165) is 12.1 Å². The molecule has 0 aromatic heterocycles. The topological polar surface area (TPSA) is 9.23 Å². The van der Waals surface area contributed by atoms with Crippen molar-refractivity contribution in [2.45, 2.75) is 6.18 Å². The minimum Gasteiger partial charge on any atom is -0.480 e. The molecule has 5 heteroatoms. The molecule has 0 amide bonds. The van der Waals surface area contributed by atoms with Gasteiger partial charge in [-0.15, -0.1) is 0 Å². The molecular formula is C7H6F3OP. The monoisotopic (exact) mass is 194 g/mol. The highest BCUT2D eigenvalue weighted by Crippen LogP contribution is 2.31. The molecule has 66 valence electrons. The molecule has 0 N–H and O–H groups in total. The van der Waals surface area contributed by atoms with Gasteiger partial charge in [0.2, 0.25) is 0 Å². The summed E-state index contributed by atoms with van der Waals surface area (Å²) < 4.78 is 40.7. The summed E-state index contributed by atoms with van der Waals surface area (Å²) in [7, 11) is 1.89. The highest BCUT2D eigenvalue weighted by Gasteiger charge is 2.30. The van der Waals surface area contributed by atoms with Crippen LogP contribution in [0.5, 0.6) is 5.75 Å². The summed E-state index contributed by atoms with van der Waals surface area (Å²) in [6.45, 7) is 0. The van der Waals surface area contributed by atoms with Gasteiger partial charge in [0.05, 0.1) is 15.0 Å². The van der Waals surface area contributed by atoms with Gasteiger partial charge in [-0.1, -0.05) is 6.07 Å². The first-order valence-electron chi connectivity index (χ1n) is 3.08. The second-order valence-electron chi connectivity index (χ2n) is 2.14. The highest BCUT2D eigenvalue weighted by atomic mass is 31.0. The van der Waals surface area contributed by atoms with Gasteiger partial charge >= 0.3 is 6.18 Å². The Balaban J connectivity index is 3.02. The van der Waals surface area contributed by atoms with Crippen LogP contribution in [-0.2, 0) is 6.18 Å². The van der Waals surface area contributed by atoms with Gasteiger partial charge in [-0.3, -0.25) is 0 Å². The molecule has 0 aliphatic heterocycles. The van der Waals surface area contributed by atoms with Crippen LogP contribution in [0, 0.1) is 0 Å². The normalized spacial score (nSPS) is 11.3. The molecule has 0 spiro atoms. The lowest BCUT2D eigenvalue weighted by atomic mass is 10.2. The number of halogens is 3. The molecule has 12 heavy (non-hydrogen) atoms. The summed E-state index contributed by atoms with van der Waals surface area (Å²) in [5.41, 5.74) is -0.706. The van der Waals surface area contributed by atoms with Gasteiger partial charge in [0.1, 0.15) is 5.75 Å². The molecule has 0 saturated carbocycles. The third-order valence-corrected chi connectivity index (χ3v) is 1.57. The SMILES string of the molecule is FC(F)(F)c1cccc(OP)c1. The van der Waals surface area contributed by atoms with E-state index in [2.05, 4.69) is 4.52 Å². The Hall–Kier alpha value is -0.760. The van der Waals surface area contributed by atoms with Crippen molar-refractivity contribution < 1.29 is 17.7 Å². The van der Waals surface area contributed by atoms with Gasteiger partial charge in [-0.25, -0.2) is 0 Å². The fraction of sp³-hybridized carbons (Fsp3) is 0.143. The van der Waals surface area contributed by atoms with Crippen LogP contribution >= 0.6 is 9.47 Å². The van der Waals surface area contributed by atoms with Crippen molar-refractivity contribution in [3.63, 3.8) is 0 Å². The second-order valence-corrected chi connectivity index (χ2v) is 2.38. The fourth-order valence-electron chi connectivity index (χ4n) is 0.746. The van der Waals surface area contributed by atoms with Gasteiger partial charge in [0, 0.05) is 0 Å². The summed E-state index contributed by atoms with van der Waals surface area (Å²) in [5.74, 6) is 0.176. The van der Waals surface area contributed by atoms with Crippen molar-refractivity contribution in [3.05, 3.63) is 29.8 Å². The van der Waals surface area contributed by atoms with E-state index in [4.69, 9.17) is 0 Å². The Morgan fingerprint density at radius 3 is 2.42 bits per heavy atom. The third kappa shape index (κ3) is 2.11. The van der Waals surface area contributed by atoms with Gasteiger partial charge in [0.15, 0.2) is 0 Å². The molecule has 0 saturated heterocycles. The summed E-state index contributed by atoms with van der Waals surface area (Å²) in [6, 6.07) is 4.67. The van der Waals surface area contributed by atoms with Gasteiger partial charge in [0.25, 0.3) is 0 Å². The zero-order valence-electron chi connectivity index (χ0n) is 5.93. The van der Waals surface area contributed by atoms with Crippen LogP contribution in [0.15, 0.2) is 24.3 Å². The summed E-state index contributed by atoms with van der Waals surface area (Å²) in [6.07, 6.45) is -4.31. The number of hydrogen-bond acceptors (Lipinski definition) is 1. The van der Waals surface area contributed by atoms with E-state index in [-0.39, 0.29) is 5.75 Å². The minimum absolute atomic E-state index is 0.176. The molecule has 0 aliphatic carbocycles. The van der Waals surface area contributed by atoms with Crippen LogP contribution in [0.4, 0.5) is 13.2 Å². The van der Waals surface area contributed by atoms with Crippen molar-refractivity contribution in [3.8, 4) is 5.75 Å². The average Bonchev–Trinajstić information content (AvgIpc) is 2.03. The quantitative estimate of drug-likeness (QED) is 0.624. The first-order chi connectivity index (χ1) is 5.54. The largest absolute Gasteiger partial charge is 0.480 e. The van der Waals surface area contributed by atoms with Gasteiger partial charge in [-0.05, 0) is 18.2 Å². The molecule has 0 radical (unpaired) electrons. The first kappa shape index (κ1) is 9.33. The Bertz CT molecular complexity index is 272.